The van der Waals surface area contributed by atoms with E-state index < -0.39 is 50.3 Å². The summed E-state index contributed by atoms with van der Waals surface area (Å²) >= 11 is 0. The molecule has 2 aromatic rings. The molecule has 1 saturated heterocycles. The SMILES string of the molecule is [2H][C@@]1(n2cc(C)c(=O)[nH]c2=O)O[C@](F)(COP2(=O)OCc3cc(C)cc(C)c3O2)C[C@H]1O. The Bertz CT molecular complexity index is 1250. The van der Waals surface area contributed by atoms with Crippen LogP contribution in [0.25, 0.3) is 0 Å². The Balaban J connectivity index is 1.53. The first-order valence-electron chi connectivity index (χ1n) is 9.93. The summed E-state index contributed by atoms with van der Waals surface area (Å²) in [5, 5.41) is 10.3. The smallest absolute Gasteiger partial charge is 0.403 e. The van der Waals surface area contributed by atoms with Crippen LogP contribution >= 0.6 is 7.82 Å². The summed E-state index contributed by atoms with van der Waals surface area (Å²) in [4.78, 5) is 25.7. The molecule has 0 saturated carbocycles. The van der Waals surface area contributed by atoms with Crippen LogP contribution in [0, 0.1) is 20.8 Å². The molecule has 2 aliphatic rings. The van der Waals surface area contributed by atoms with Crippen LogP contribution < -0.4 is 15.8 Å². The molecule has 12 heteroatoms. The predicted octanol–water partition coefficient (Wildman–Crippen LogP) is 2.14. The monoisotopic (exact) mass is 457 g/mol. The second-order valence-electron chi connectivity index (χ2n) is 7.64. The molecule has 31 heavy (non-hydrogen) atoms. The molecule has 0 bridgehead atoms. The van der Waals surface area contributed by atoms with E-state index in [1.54, 1.807) is 13.0 Å². The first-order chi connectivity index (χ1) is 14.8. The van der Waals surface area contributed by atoms with E-state index in [1.165, 1.54) is 6.92 Å². The lowest BCUT2D eigenvalue weighted by atomic mass is 10.1. The molecule has 2 N–H and O–H groups in total. The van der Waals surface area contributed by atoms with Gasteiger partial charge < -0.3 is 14.4 Å². The molecule has 168 valence electrons. The van der Waals surface area contributed by atoms with Crippen molar-refractivity contribution in [3.05, 3.63) is 61.4 Å². The quantitative estimate of drug-likeness (QED) is 0.669. The average Bonchev–Trinajstić information content (AvgIpc) is 2.94. The van der Waals surface area contributed by atoms with Crippen molar-refractivity contribution in [3.8, 4) is 5.75 Å². The zero-order valence-corrected chi connectivity index (χ0v) is 17.9. The zero-order valence-electron chi connectivity index (χ0n) is 18.0. The highest BCUT2D eigenvalue weighted by Crippen LogP contribution is 2.56. The number of hydrogen-bond donors (Lipinski definition) is 2. The Kier molecular flexibility index (Phi) is 5.10. The molecule has 4 rings (SSSR count). The molecule has 10 nitrogen and oxygen atoms in total. The van der Waals surface area contributed by atoms with Crippen LogP contribution in [0.5, 0.6) is 5.75 Å². The number of H-pyrrole nitrogens is 1. The predicted molar refractivity (Wildman–Crippen MR) is 106 cm³/mol. The number of aryl methyl sites for hydroxylation is 3. The molecule has 1 aromatic carbocycles. The van der Waals surface area contributed by atoms with Crippen LogP contribution in [0.4, 0.5) is 4.39 Å². The summed E-state index contributed by atoms with van der Waals surface area (Å²) in [6, 6.07) is 3.62. The normalized spacial score (nSPS) is 32.9. The van der Waals surface area contributed by atoms with Crippen LogP contribution in [0.15, 0.2) is 27.9 Å². The Labute approximate surface area is 177 Å². The highest BCUT2D eigenvalue weighted by atomic mass is 31.2. The maximum Gasteiger partial charge on any atom is 0.530 e. The second-order valence-corrected chi connectivity index (χ2v) is 9.23. The topological polar surface area (TPSA) is 129 Å². The number of nitrogens with zero attached hydrogens (tertiary/aromatic N) is 1. The number of aliphatic hydroxyl groups is 1. The lowest BCUT2D eigenvalue weighted by molar-refractivity contribution is -0.179. The van der Waals surface area contributed by atoms with Crippen molar-refractivity contribution >= 4 is 7.82 Å². The Hall–Kier alpha value is -2.30. The van der Waals surface area contributed by atoms with E-state index in [0.29, 0.717) is 21.4 Å². The van der Waals surface area contributed by atoms with Crippen molar-refractivity contribution in [2.24, 2.45) is 0 Å². The molecule has 1 fully saturated rings. The van der Waals surface area contributed by atoms with Crippen molar-refractivity contribution in [2.45, 2.75) is 52.0 Å². The Morgan fingerprint density at radius 2 is 2.13 bits per heavy atom. The molecular weight excluding hydrogens is 434 g/mol. The summed E-state index contributed by atoms with van der Waals surface area (Å²) in [6.45, 7) is 3.93. The van der Waals surface area contributed by atoms with Crippen molar-refractivity contribution in [2.75, 3.05) is 6.61 Å². The zero-order chi connectivity index (χ0) is 23.5. The molecule has 0 aliphatic carbocycles. The van der Waals surface area contributed by atoms with Gasteiger partial charge in [-0.3, -0.25) is 23.4 Å². The number of nitrogens with one attached hydrogen (secondary N) is 1. The molecular formula is C19H22FN2O8P. The number of halogens is 1. The lowest BCUT2D eigenvalue weighted by Gasteiger charge is -2.28. The third-order valence-electron chi connectivity index (χ3n) is 4.94. The van der Waals surface area contributed by atoms with Gasteiger partial charge in [-0.05, 0) is 26.3 Å². The van der Waals surface area contributed by atoms with E-state index >= 15 is 4.39 Å². The molecule has 4 atom stereocenters. The van der Waals surface area contributed by atoms with E-state index in [4.69, 9.17) is 19.7 Å². The summed E-state index contributed by atoms with van der Waals surface area (Å²) in [5.41, 5.74) is 0.631. The lowest BCUT2D eigenvalue weighted by Crippen LogP contribution is -2.37. The maximum absolute atomic E-state index is 15.4. The van der Waals surface area contributed by atoms with Crippen LogP contribution in [0.1, 0.15) is 36.2 Å². The van der Waals surface area contributed by atoms with Gasteiger partial charge in [-0.2, -0.15) is 0 Å². The number of hydrogen-bond acceptors (Lipinski definition) is 8. The number of benzene rings is 1. The number of ether oxygens (including phenoxy) is 1. The number of aliphatic hydroxyl groups excluding tert-OH is 1. The van der Waals surface area contributed by atoms with Crippen molar-refractivity contribution in [1.29, 1.82) is 0 Å². The number of phosphoric ester groups is 1. The summed E-state index contributed by atoms with van der Waals surface area (Å²) < 4.78 is 58.0. The average molecular weight is 457 g/mol. The number of phosphoric acid groups is 1. The van der Waals surface area contributed by atoms with Crippen LogP contribution in [0.2, 0.25) is 0 Å². The van der Waals surface area contributed by atoms with E-state index in [1.807, 2.05) is 18.0 Å². The van der Waals surface area contributed by atoms with Crippen LogP contribution in [-0.4, -0.2) is 33.2 Å². The fraction of sp³-hybridized carbons (Fsp3) is 0.474. The largest absolute Gasteiger partial charge is 0.530 e. The minimum Gasteiger partial charge on any atom is -0.403 e. The maximum atomic E-state index is 15.4. The number of aromatic nitrogens is 2. The van der Waals surface area contributed by atoms with Crippen LogP contribution in [0.3, 0.4) is 0 Å². The fourth-order valence-electron chi connectivity index (χ4n) is 3.51. The van der Waals surface area contributed by atoms with Gasteiger partial charge in [-0.1, -0.05) is 17.7 Å². The van der Waals surface area contributed by atoms with Gasteiger partial charge in [0, 0.05) is 23.7 Å². The van der Waals surface area contributed by atoms with Gasteiger partial charge in [0.05, 0.1) is 7.98 Å². The number of aromatic amines is 1. The molecule has 3 heterocycles. The van der Waals surface area contributed by atoms with Crippen molar-refractivity contribution in [3.63, 3.8) is 0 Å². The number of alkyl halides is 1. The van der Waals surface area contributed by atoms with E-state index in [0.717, 1.165) is 11.8 Å². The molecule has 0 radical (unpaired) electrons. The summed E-state index contributed by atoms with van der Waals surface area (Å²) in [7, 11) is -4.22. The third-order valence-corrected chi connectivity index (χ3v) is 6.24. The van der Waals surface area contributed by atoms with Gasteiger partial charge in [0.15, 0.2) is 6.20 Å². The van der Waals surface area contributed by atoms with E-state index in [2.05, 4.69) is 0 Å². The highest BCUT2D eigenvalue weighted by Gasteiger charge is 2.50. The van der Waals surface area contributed by atoms with Gasteiger partial charge in [0.25, 0.3) is 5.56 Å². The molecule has 0 spiro atoms. The summed E-state index contributed by atoms with van der Waals surface area (Å²) in [5.74, 6) is -2.48. The molecule has 1 aromatic heterocycles. The Morgan fingerprint density at radius 3 is 2.87 bits per heavy atom. The van der Waals surface area contributed by atoms with Gasteiger partial charge in [-0.15, -0.1) is 0 Å². The number of rotatable bonds is 4. The molecule has 2 aliphatic heterocycles. The Morgan fingerprint density at radius 1 is 1.39 bits per heavy atom. The van der Waals surface area contributed by atoms with Gasteiger partial charge in [-0.25, -0.2) is 13.8 Å². The number of fused-ring (bicyclic) bond motifs is 1. The first kappa shape index (κ1) is 20.6. The van der Waals surface area contributed by atoms with Crippen molar-refractivity contribution in [1.82, 2.24) is 9.55 Å². The second kappa shape index (κ2) is 7.68. The standard InChI is InChI=1S/C19H22FN2O8P/c1-10-4-11(2)15-13(5-10)8-27-31(26,30-15)28-9-19(20)6-14(23)17(29-19)22-7-12(3)16(24)21-18(22)25/h4-5,7,14,17,23H,6,8-9H2,1-3H3,(H,21,24,25)/t14-,17-,19+,31?/m1/s1/i17D. The fourth-order valence-corrected chi connectivity index (χ4v) is 4.82. The van der Waals surface area contributed by atoms with Crippen LogP contribution in [-0.2, 0) is 25.0 Å². The summed E-state index contributed by atoms with van der Waals surface area (Å²) in [6.07, 6.45) is -4.18. The first-order valence-corrected chi connectivity index (χ1v) is 10.9. The van der Waals surface area contributed by atoms with Gasteiger partial charge in [0.1, 0.15) is 18.5 Å². The third kappa shape index (κ3) is 4.24. The van der Waals surface area contributed by atoms with Gasteiger partial charge in [0.2, 0.25) is 5.85 Å². The van der Waals surface area contributed by atoms with Gasteiger partial charge >= 0.3 is 13.5 Å². The minimum atomic E-state index is -4.22. The van der Waals surface area contributed by atoms with Crippen molar-refractivity contribution < 1.29 is 33.7 Å². The molecule has 1 unspecified atom stereocenters. The molecule has 0 amide bonds. The van der Waals surface area contributed by atoms with E-state index in [9.17, 15) is 19.3 Å². The van der Waals surface area contributed by atoms with E-state index in [-0.39, 0.29) is 12.2 Å². The highest BCUT2D eigenvalue weighted by molar-refractivity contribution is 7.49. The minimum absolute atomic E-state index is 0.0531.